The molecule has 1 aliphatic carbocycles. The fourth-order valence-corrected chi connectivity index (χ4v) is 6.04. The van der Waals surface area contributed by atoms with Gasteiger partial charge in [0.15, 0.2) is 0 Å². The van der Waals surface area contributed by atoms with Crippen LogP contribution in [0.25, 0.3) is 0 Å². The molecule has 0 heterocycles. The summed E-state index contributed by atoms with van der Waals surface area (Å²) < 4.78 is 0. The SMILES string of the molecule is O=C(NC1CCCCC1)C(Cc1ccccc1)N(Cc1cccc(Cl)c1)C(=O)CCSc1ccc(Cl)cc1. The second-order valence-corrected chi connectivity index (χ2v) is 11.8. The van der Waals surface area contributed by atoms with Gasteiger partial charge in [-0.3, -0.25) is 9.59 Å². The molecule has 3 aromatic rings. The minimum absolute atomic E-state index is 0.0498. The van der Waals surface area contributed by atoms with Crippen LogP contribution in [0.3, 0.4) is 0 Å². The molecule has 1 aliphatic rings. The summed E-state index contributed by atoms with van der Waals surface area (Å²) in [5.41, 5.74) is 1.93. The van der Waals surface area contributed by atoms with Crippen molar-refractivity contribution in [3.05, 3.63) is 100 Å². The highest BCUT2D eigenvalue weighted by Gasteiger charge is 2.31. The van der Waals surface area contributed by atoms with Gasteiger partial charge in [0.25, 0.3) is 0 Å². The highest BCUT2D eigenvalue weighted by atomic mass is 35.5. The largest absolute Gasteiger partial charge is 0.352 e. The summed E-state index contributed by atoms with van der Waals surface area (Å²) in [4.78, 5) is 30.4. The predicted molar refractivity (Wildman–Crippen MR) is 158 cm³/mol. The van der Waals surface area contributed by atoms with Crippen LogP contribution < -0.4 is 5.32 Å². The van der Waals surface area contributed by atoms with E-state index >= 15 is 0 Å². The van der Waals surface area contributed by atoms with Crippen LogP contribution >= 0.6 is 35.0 Å². The van der Waals surface area contributed by atoms with Crippen LogP contribution in [0.1, 0.15) is 49.7 Å². The molecule has 1 saturated carbocycles. The molecule has 7 heteroatoms. The van der Waals surface area contributed by atoms with E-state index in [2.05, 4.69) is 5.32 Å². The molecule has 1 unspecified atom stereocenters. The normalized spacial score (nSPS) is 14.6. The highest BCUT2D eigenvalue weighted by molar-refractivity contribution is 7.99. The first kappa shape index (κ1) is 28.5. The minimum atomic E-state index is -0.619. The predicted octanol–water partition coefficient (Wildman–Crippen LogP) is 7.56. The van der Waals surface area contributed by atoms with E-state index in [1.165, 1.54) is 6.42 Å². The molecule has 3 aromatic carbocycles. The molecular weight excluding hydrogens is 535 g/mol. The van der Waals surface area contributed by atoms with Gasteiger partial charge in [-0.2, -0.15) is 0 Å². The lowest BCUT2D eigenvalue weighted by Crippen LogP contribution is -2.52. The molecule has 0 saturated heterocycles. The number of hydrogen-bond donors (Lipinski definition) is 1. The summed E-state index contributed by atoms with van der Waals surface area (Å²) >= 11 is 13.9. The van der Waals surface area contributed by atoms with E-state index in [9.17, 15) is 9.59 Å². The third-order valence-corrected chi connectivity index (χ3v) is 8.36. The fraction of sp³-hybridized carbons (Fsp3) is 0.355. The quantitative estimate of drug-likeness (QED) is 0.243. The van der Waals surface area contributed by atoms with Crippen LogP contribution in [-0.4, -0.2) is 34.6 Å². The Kier molecular flexibility index (Phi) is 11.0. The first-order valence-electron chi connectivity index (χ1n) is 13.2. The van der Waals surface area contributed by atoms with Gasteiger partial charge < -0.3 is 10.2 Å². The number of nitrogens with zero attached hydrogens (tertiary/aromatic N) is 1. The molecule has 1 atom stereocenters. The molecule has 0 spiro atoms. The third-order valence-electron chi connectivity index (χ3n) is 6.86. The molecule has 4 rings (SSSR count). The molecule has 1 fully saturated rings. The van der Waals surface area contributed by atoms with Crippen molar-refractivity contribution in [1.82, 2.24) is 10.2 Å². The number of nitrogens with one attached hydrogen (secondary N) is 1. The van der Waals surface area contributed by atoms with Crippen LogP contribution in [0, 0.1) is 0 Å². The van der Waals surface area contributed by atoms with Crippen molar-refractivity contribution < 1.29 is 9.59 Å². The number of rotatable bonds is 11. The van der Waals surface area contributed by atoms with Crippen LogP contribution in [0.2, 0.25) is 10.0 Å². The average molecular weight is 570 g/mol. The molecule has 0 radical (unpaired) electrons. The van der Waals surface area contributed by atoms with Gasteiger partial charge in [0.2, 0.25) is 11.8 Å². The number of amides is 2. The maximum atomic E-state index is 13.8. The van der Waals surface area contributed by atoms with Crippen molar-refractivity contribution in [1.29, 1.82) is 0 Å². The Bertz CT molecular complexity index is 1180. The third kappa shape index (κ3) is 8.79. The van der Waals surface area contributed by atoms with E-state index in [0.29, 0.717) is 35.2 Å². The number of hydrogen-bond acceptors (Lipinski definition) is 3. The lowest BCUT2D eigenvalue weighted by molar-refractivity contribution is -0.141. The van der Waals surface area contributed by atoms with Crippen molar-refractivity contribution in [3.63, 3.8) is 0 Å². The van der Waals surface area contributed by atoms with E-state index in [-0.39, 0.29) is 17.9 Å². The monoisotopic (exact) mass is 568 g/mol. The van der Waals surface area contributed by atoms with Crippen molar-refractivity contribution in [2.75, 3.05) is 5.75 Å². The van der Waals surface area contributed by atoms with E-state index in [0.717, 1.165) is 41.7 Å². The number of thioether (sulfide) groups is 1. The first-order valence-corrected chi connectivity index (χ1v) is 15.0. The Labute approximate surface area is 240 Å². The Morgan fingerprint density at radius 2 is 1.58 bits per heavy atom. The summed E-state index contributed by atoms with van der Waals surface area (Å²) in [6.07, 6.45) is 6.21. The summed E-state index contributed by atoms with van der Waals surface area (Å²) in [6, 6.07) is 24.6. The standard InChI is InChI=1S/C31H34Cl2N2O2S/c32-25-14-16-28(17-15-25)38-19-18-30(36)35(22-24-10-7-11-26(33)20-24)29(21-23-8-3-1-4-9-23)31(37)34-27-12-5-2-6-13-27/h1,3-4,7-11,14-17,20,27,29H,2,5-6,12-13,18-19,21-22H2,(H,34,37). The second-order valence-electron chi connectivity index (χ2n) is 9.75. The van der Waals surface area contributed by atoms with Gasteiger partial charge >= 0.3 is 0 Å². The van der Waals surface area contributed by atoms with Gasteiger partial charge in [-0.1, -0.05) is 84.9 Å². The van der Waals surface area contributed by atoms with Crippen LogP contribution in [-0.2, 0) is 22.6 Å². The lowest BCUT2D eigenvalue weighted by atomic mass is 9.94. The van der Waals surface area contributed by atoms with Gasteiger partial charge in [-0.05, 0) is 60.4 Å². The van der Waals surface area contributed by atoms with Gasteiger partial charge in [0.1, 0.15) is 6.04 Å². The maximum absolute atomic E-state index is 13.8. The minimum Gasteiger partial charge on any atom is -0.352 e. The first-order chi connectivity index (χ1) is 18.5. The van der Waals surface area contributed by atoms with Crippen molar-refractivity contribution in [2.24, 2.45) is 0 Å². The van der Waals surface area contributed by atoms with Gasteiger partial charge in [-0.15, -0.1) is 11.8 Å². The lowest BCUT2D eigenvalue weighted by Gasteiger charge is -2.33. The molecule has 200 valence electrons. The fourth-order valence-electron chi connectivity index (χ4n) is 4.86. The average Bonchev–Trinajstić information content (AvgIpc) is 2.93. The van der Waals surface area contributed by atoms with Gasteiger partial charge in [0, 0.05) is 46.1 Å². The van der Waals surface area contributed by atoms with Crippen LogP contribution in [0.5, 0.6) is 0 Å². The summed E-state index contributed by atoms with van der Waals surface area (Å²) in [5.74, 6) is 0.474. The molecule has 1 N–H and O–H groups in total. The number of carbonyl (C=O) groups is 2. The van der Waals surface area contributed by atoms with Gasteiger partial charge in [-0.25, -0.2) is 0 Å². The van der Waals surface area contributed by atoms with E-state index in [1.54, 1.807) is 16.7 Å². The van der Waals surface area contributed by atoms with Crippen LogP contribution in [0.4, 0.5) is 0 Å². The molecule has 38 heavy (non-hydrogen) atoms. The Balaban J connectivity index is 1.56. The zero-order chi connectivity index (χ0) is 26.7. The number of benzene rings is 3. The summed E-state index contributed by atoms with van der Waals surface area (Å²) in [6.45, 7) is 0.320. The van der Waals surface area contributed by atoms with Gasteiger partial charge in [0.05, 0.1) is 0 Å². The second kappa shape index (κ2) is 14.6. The van der Waals surface area contributed by atoms with E-state index < -0.39 is 6.04 Å². The zero-order valence-electron chi connectivity index (χ0n) is 21.5. The molecular formula is C31H34Cl2N2O2S. The smallest absolute Gasteiger partial charge is 0.243 e. The maximum Gasteiger partial charge on any atom is 0.243 e. The Morgan fingerprint density at radius 1 is 0.868 bits per heavy atom. The Morgan fingerprint density at radius 3 is 2.29 bits per heavy atom. The topological polar surface area (TPSA) is 49.4 Å². The molecule has 0 aliphatic heterocycles. The number of halogens is 2. The van der Waals surface area contributed by atoms with Crippen molar-refractivity contribution in [2.45, 2.75) is 68.5 Å². The summed E-state index contributed by atoms with van der Waals surface area (Å²) in [7, 11) is 0. The molecule has 0 bridgehead atoms. The highest BCUT2D eigenvalue weighted by Crippen LogP contribution is 2.24. The van der Waals surface area contributed by atoms with E-state index in [1.807, 2.05) is 78.9 Å². The molecule has 4 nitrogen and oxygen atoms in total. The zero-order valence-corrected chi connectivity index (χ0v) is 23.8. The van der Waals surface area contributed by atoms with E-state index in [4.69, 9.17) is 23.2 Å². The Hall–Kier alpha value is -2.47. The van der Waals surface area contributed by atoms with Crippen molar-refractivity contribution >= 4 is 46.8 Å². The molecule has 2 amide bonds. The molecule has 0 aromatic heterocycles. The number of carbonyl (C=O) groups excluding carboxylic acids is 2. The summed E-state index contributed by atoms with van der Waals surface area (Å²) in [5, 5.41) is 4.58. The van der Waals surface area contributed by atoms with Crippen LogP contribution in [0.15, 0.2) is 83.8 Å². The van der Waals surface area contributed by atoms with Crippen molar-refractivity contribution in [3.8, 4) is 0 Å².